The number of esters is 2. The van der Waals surface area contributed by atoms with Crippen LogP contribution in [0.25, 0.3) is 0 Å². The normalized spacial score (nSPS) is 18.2. The average Bonchev–Trinajstić information content (AvgIpc) is 2.73. The van der Waals surface area contributed by atoms with E-state index in [4.69, 9.17) is 4.74 Å². The summed E-state index contributed by atoms with van der Waals surface area (Å²) < 4.78 is 9.58. The Hall–Kier alpha value is -1.32. The fraction of sp³-hybridized carbons (Fsp3) is 0.692. The number of ether oxygens (including phenoxy) is 2. The highest BCUT2D eigenvalue weighted by molar-refractivity contribution is 5.84. The van der Waals surface area contributed by atoms with Crippen molar-refractivity contribution < 1.29 is 19.1 Å². The Bertz CT molecular complexity index is 283. The molecule has 0 aromatic heterocycles. The molecule has 0 saturated carbocycles. The second-order valence-corrected chi connectivity index (χ2v) is 4.22. The summed E-state index contributed by atoms with van der Waals surface area (Å²) in [4.78, 5) is 21.6. The monoisotopic (exact) mass is 240 g/mol. The first-order valence-corrected chi connectivity index (χ1v) is 6.18. The van der Waals surface area contributed by atoms with Crippen molar-refractivity contribution in [3.05, 3.63) is 12.2 Å². The minimum atomic E-state index is -0.229. The van der Waals surface area contributed by atoms with E-state index in [1.807, 2.05) is 6.08 Å². The fourth-order valence-electron chi connectivity index (χ4n) is 1.82. The molecule has 0 amide bonds. The zero-order chi connectivity index (χ0) is 12.5. The molecule has 4 nitrogen and oxygen atoms in total. The van der Waals surface area contributed by atoms with Crippen molar-refractivity contribution in [2.24, 2.45) is 0 Å². The predicted molar refractivity (Wildman–Crippen MR) is 63.4 cm³/mol. The maximum atomic E-state index is 10.8. The summed E-state index contributed by atoms with van der Waals surface area (Å²) in [5, 5.41) is 0. The third-order valence-electron chi connectivity index (χ3n) is 2.81. The van der Waals surface area contributed by atoms with Gasteiger partial charge in [-0.3, -0.25) is 4.79 Å². The van der Waals surface area contributed by atoms with Crippen LogP contribution in [-0.4, -0.2) is 25.2 Å². The smallest absolute Gasteiger partial charge is 0.331 e. The second kappa shape index (κ2) is 7.87. The molecule has 96 valence electrons. The van der Waals surface area contributed by atoms with Crippen LogP contribution in [-0.2, 0) is 19.1 Å². The summed E-state index contributed by atoms with van der Waals surface area (Å²) >= 11 is 0. The van der Waals surface area contributed by atoms with Gasteiger partial charge in [0.15, 0.2) is 0 Å². The van der Waals surface area contributed by atoms with Crippen molar-refractivity contribution in [1.82, 2.24) is 0 Å². The minimum Gasteiger partial charge on any atom is -0.469 e. The molecule has 1 rings (SSSR count). The lowest BCUT2D eigenvalue weighted by Gasteiger charge is -2.07. The van der Waals surface area contributed by atoms with Gasteiger partial charge in [0.2, 0.25) is 0 Å². The lowest BCUT2D eigenvalue weighted by atomic mass is 10.1. The zero-order valence-electron chi connectivity index (χ0n) is 10.3. The van der Waals surface area contributed by atoms with Gasteiger partial charge in [-0.1, -0.05) is 19.3 Å². The summed E-state index contributed by atoms with van der Waals surface area (Å²) in [5.41, 5.74) is 0. The topological polar surface area (TPSA) is 52.6 Å². The Morgan fingerprint density at radius 2 is 2.00 bits per heavy atom. The van der Waals surface area contributed by atoms with E-state index in [1.165, 1.54) is 13.2 Å². The number of hydrogen-bond donors (Lipinski definition) is 0. The van der Waals surface area contributed by atoms with Gasteiger partial charge in [0.1, 0.15) is 6.10 Å². The first kappa shape index (κ1) is 13.7. The Labute approximate surface area is 102 Å². The van der Waals surface area contributed by atoms with Crippen LogP contribution in [0.2, 0.25) is 0 Å². The summed E-state index contributed by atoms with van der Waals surface area (Å²) in [6, 6.07) is 0. The maximum absolute atomic E-state index is 10.8. The van der Waals surface area contributed by atoms with Gasteiger partial charge < -0.3 is 9.47 Å². The quantitative estimate of drug-likeness (QED) is 0.483. The molecule has 0 fully saturated rings. The molecular formula is C13H20O4. The van der Waals surface area contributed by atoms with Crippen LogP contribution in [0.4, 0.5) is 0 Å². The lowest BCUT2D eigenvalue weighted by molar-refractivity contribution is -0.141. The largest absolute Gasteiger partial charge is 0.469 e. The third kappa shape index (κ3) is 6.09. The molecule has 0 unspecified atom stereocenters. The van der Waals surface area contributed by atoms with E-state index < -0.39 is 0 Å². The Morgan fingerprint density at radius 1 is 1.29 bits per heavy atom. The van der Waals surface area contributed by atoms with Gasteiger partial charge >= 0.3 is 11.9 Å². The molecule has 0 saturated heterocycles. The van der Waals surface area contributed by atoms with Crippen LogP contribution in [0.5, 0.6) is 0 Å². The highest BCUT2D eigenvalue weighted by atomic mass is 16.5. The molecular weight excluding hydrogens is 220 g/mol. The van der Waals surface area contributed by atoms with Crippen molar-refractivity contribution in [1.29, 1.82) is 0 Å². The fourth-order valence-corrected chi connectivity index (χ4v) is 1.82. The number of hydrogen-bond acceptors (Lipinski definition) is 4. The number of methoxy groups -OCH3 is 1. The number of cyclic esters (lactones) is 1. The van der Waals surface area contributed by atoms with E-state index in [0.717, 1.165) is 38.5 Å². The molecule has 0 bridgehead atoms. The first-order chi connectivity index (χ1) is 8.22. The highest BCUT2D eigenvalue weighted by Crippen LogP contribution is 2.14. The number of unbranched alkanes of at least 4 members (excludes halogenated alkanes) is 4. The van der Waals surface area contributed by atoms with Crippen LogP contribution >= 0.6 is 0 Å². The molecule has 1 aliphatic heterocycles. The van der Waals surface area contributed by atoms with Crippen molar-refractivity contribution in [2.75, 3.05) is 7.11 Å². The Kier molecular flexibility index (Phi) is 6.37. The van der Waals surface area contributed by atoms with Crippen LogP contribution in [0.1, 0.15) is 44.9 Å². The molecule has 0 aliphatic carbocycles. The average molecular weight is 240 g/mol. The first-order valence-electron chi connectivity index (χ1n) is 6.18. The van der Waals surface area contributed by atoms with E-state index in [9.17, 15) is 9.59 Å². The summed E-state index contributed by atoms with van der Waals surface area (Å²) in [5.74, 6) is -0.360. The number of rotatable bonds is 8. The molecule has 0 aromatic carbocycles. The zero-order valence-corrected chi connectivity index (χ0v) is 10.3. The Morgan fingerprint density at radius 3 is 2.65 bits per heavy atom. The number of carbonyl (C=O) groups excluding carboxylic acids is 2. The number of carbonyl (C=O) groups is 2. The van der Waals surface area contributed by atoms with E-state index >= 15 is 0 Å². The molecule has 0 N–H and O–H groups in total. The van der Waals surface area contributed by atoms with Crippen LogP contribution in [0.3, 0.4) is 0 Å². The highest BCUT2D eigenvalue weighted by Gasteiger charge is 2.15. The van der Waals surface area contributed by atoms with Crippen LogP contribution < -0.4 is 0 Å². The van der Waals surface area contributed by atoms with Gasteiger partial charge in [0.25, 0.3) is 0 Å². The molecule has 17 heavy (non-hydrogen) atoms. The molecule has 0 spiro atoms. The SMILES string of the molecule is COC(=O)CCCCCCC[C@@H]1C=CC(=O)O1. The van der Waals surface area contributed by atoms with Crippen molar-refractivity contribution >= 4 is 11.9 Å². The molecule has 4 heteroatoms. The predicted octanol–water partition coefficient (Wildman–Crippen LogP) is 2.37. The van der Waals surface area contributed by atoms with Gasteiger partial charge in [-0.05, 0) is 25.3 Å². The summed E-state index contributed by atoms with van der Waals surface area (Å²) in [6.45, 7) is 0. The lowest BCUT2D eigenvalue weighted by Crippen LogP contribution is -2.06. The standard InChI is InChI=1S/C13H20O4/c1-16-12(14)8-6-4-2-3-5-7-11-9-10-13(15)17-11/h9-11H,2-8H2,1H3/t11-/m1/s1. The molecule has 1 heterocycles. The second-order valence-electron chi connectivity index (χ2n) is 4.22. The van der Waals surface area contributed by atoms with E-state index in [2.05, 4.69) is 4.74 Å². The van der Waals surface area contributed by atoms with Gasteiger partial charge in [0.05, 0.1) is 7.11 Å². The molecule has 0 aromatic rings. The van der Waals surface area contributed by atoms with Gasteiger partial charge in [-0.2, -0.15) is 0 Å². The summed E-state index contributed by atoms with van der Waals surface area (Å²) in [7, 11) is 1.42. The molecule has 1 atom stereocenters. The minimum absolute atomic E-state index is 0.0161. The van der Waals surface area contributed by atoms with Crippen LogP contribution in [0, 0.1) is 0 Å². The van der Waals surface area contributed by atoms with Gasteiger partial charge in [-0.15, -0.1) is 0 Å². The van der Waals surface area contributed by atoms with Crippen molar-refractivity contribution in [2.45, 2.75) is 51.0 Å². The van der Waals surface area contributed by atoms with Crippen molar-refractivity contribution in [3.63, 3.8) is 0 Å². The molecule has 1 aliphatic rings. The maximum Gasteiger partial charge on any atom is 0.331 e. The van der Waals surface area contributed by atoms with Gasteiger partial charge in [0, 0.05) is 12.5 Å². The van der Waals surface area contributed by atoms with Crippen molar-refractivity contribution in [3.8, 4) is 0 Å². The van der Waals surface area contributed by atoms with E-state index in [-0.39, 0.29) is 18.0 Å². The van der Waals surface area contributed by atoms with Gasteiger partial charge in [-0.25, -0.2) is 4.79 Å². The van der Waals surface area contributed by atoms with Crippen LogP contribution in [0.15, 0.2) is 12.2 Å². The molecule has 0 radical (unpaired) electrons. The summed E-state index contributed by atoms with van der Waals surface area (Å²) in [6.07, 6.45) is 9.93. The van der Waals surface area contributed by atoms with E-state index in [1.54, 1.807) is 0 Å². The third-order valence-corrected chi connectivity index (χ3v) is 2.81. The Balaban J connectivity index is 1.86. The van der Waals surface area contributed by atoms with E-state index in [0.29, 0.717) is 6.42 Å².